The summed E-state index contributed by atoms with van der Waals surface area (Å²) in [5, 5.41) is 10.4. The van der Waals surface area contributed by atoms with E-state index in [4.69, 9.17) is 0 Å². The van der Waals surface area contributed by atoms with Crippen LogP contribution < -0.4 is 0 Å². The van der Waals surface area contributed by atoms with E-state index in [1.54, 1.807) is 0 Å². The molecule has 122 valence electrons. The van der Waals surface area contributed by atoms with Gasteiger partial charge in [0, 0.05) is 11.8 Å². The van der Waals surface area contributed by atoms with Crippen LogP contribution in [0, 0.1) is 28.6 Å². The van der Waals surface area contributed by atoms with Crippen LogP contribution in [-0.4, -0.2) is 17.0 Å². The first kappa shape index (κ1) is 16.0. The lowest BCUT2D eigenvalue weighted by molar-refractivity contribution is -0.143. The van der Waals surface area contributed by atoms with Gasteiger partial charge in [0.2, 0.25) is 0 Å². The number of aliphatic hydroxyl groups is 1. The van der Waals surface area contributed by atoms with Gasteiger partial charge in [0.05, 0.1) is 6.10 Å². The zero-order valence-corrected chi connectivity index (χ0v) is 14.5. The van der Waals surface area contributed by atoms with Crippen molar-refractivity contribution in [3.63, 3.8) is 0 Å². The van der Waals surface area contributed by atoms with Gasteiger partial charge in [-0.05, 0) is 54.4 Å². The van der Waals surface area contributed by atoms with Crippen molar-refractivity contribution in [2.45, 2.75) is 65.9 Å². The third-order valence-electron chi connectivity index (χ3n) is 6.88. The summed E-state index contributed by atoms with van der Waals surface area (Å²) in [4.78, 5) is 13.0. The van der Waals surface area contributed by atoms with Gasteiger partial charge in [-0.1, -0.05) is 45.9 Å². The number of allylic oxidation sites excluding steroid dienone is 2. The lowest BCUT2D eigenvalue weighted by atomic mass is 9.50. The molecule has 2 nitrogen and oxygen atoms in total. The van der Waals surface area contributed by atoms with Gasteiger partial charge in [0.15, 0.2) is 0 Å². The maximum absolute atomic E-state index is 13.0. The van der Waals surface area contributed by atoms with Crippen LogP contribution in [0.5, 0.6) is 0 Å². The number of Topliss-reactive ketones (excluding diaryl/α,β-unsaturated/α-hetero) is 1. The average molecular weight is 302 g/mol. The molecule has 2 heteroatoms. The number of hydrogen-bond acceptors (Lipinski definition) is 2. The minimum absolute atomic E-state index is 0.0849. The summed E-state index contributed by atoms with van der Waals surface area (Å²) in [5.74, 6) is 1.75. The maximum atomic E-state index is 13.0. The average Bonchev–Trinajstić information content (AvgIpc) is 2.72. The van der Waals surface area contributed by atoms with E-state index in [9.17, 15) is 9.90 Å². The molecular weight excluding hydrogens is 272 g/mol. The van der Waals surface area contributed by atoms with Gasteiger partial charge in [0.25, 0.3) is 0 Å². The zero-order valence-electron chi connectivity index (χ0n) is 14.5. The Bertz CT molecular complexity index is 544. The Morgan fingerprint density at radius 1 is 1.36 bits per heavy atom. The molecule has 0 aromatic rings. The second-order valence-electron chi connectivity index (χ2n) is 8.74. The number of aliphatic hydroxyl groups excluding tert-OH is 1. The molecular formula is C20H30O2. The van der Waals surface area contributed by atoms with Crippen molar-refractivity contribution in [2.75, 3.05) is 0 Å². The fourth-order valence-electron chi connectivity index (χ4n) is 5.44. The standard InChI is InChI=1S/C20H30O2/c1-12(2)14-8-9-20(5)17(22)11-19(4)10-16(21)13(3)6-7-15(19)18(14)20/h8,12,15-16,18,21H,3,6-7,9-11H2,1-2,4-5H3. The second-order valence-corrected chi connectivity index (χ2v) is 8.74. The van der Waals surface area contributed by atoms with Gasteiger partial charge < -0.3 is 5.11 Å². The van der Waals surface area contributed by atoms with Crippen LogP contribution in [0.25, 0.3) is 0 Å². The summed E-state index contributed by atoms with van der Waals surface area (Å²) < 4.78 is 0. The minimum atomic E-state index is -0.444. The number of rotatable bonds is 1. The van der Waals surface area contributed by atoms with Crippen molar-refractivity contribution >= 4 is 5.78 Å². The molecule has 5 atom stereocenters. The van der Waals surface area contributed by atoms with Crippen LogP contribution >= 0.6 is 0 Å². The first-order valence-electron chi connectivity index (χ1n) is 8.78. The van der Waals surface area contributed by atoms with E-state index in [1.807, 2.05) is 0 Å². The number of carbonyl (C=O) groups is 1. The van der Waals surface area contributed by atoms with Crippen molar-refractivity contribution in [3.05, 3.63) is 23.8 Å². The van der Waals surface area contributed by atoms with Crippen LogP contribution in [-0.2, 0) is 4.79 Å². The van der Waals surface area contributed by atoms with Crippen molar-refractivity contribution in [2.24, 2.45) is 28.6 Å². The van der Waals surface area contributed by atoms with Crippen LogP contribution in [0.15, 0.2) is 23.8 Å². The molecule has 3 aliphatic carbocycles. The second kappa shape index (κ2) is 5.06. The molecule has 2 saturated carbocycles. The fraction of sp³-hybridized carbons (Fsp3) is 0.750. The lowest BCUT2D eigenvalue weighted by Gasteiger charge is -2.52. The maximum Gasteiger partial charge on any atom is 0.140 e. The molecule has 0 bridgehead atoms. The van der Waals surface area contributed by atoms with E-state index < -0.39 is 6.10 Å². The third kappa shape index (κ3) is 2.14. The minimum Gasteiger partial charge on any atom is -0.389 e. The van der Waals surface area contributed by atoms with Gasteiger partial charge in [-0.15, -0.1) is 0 Å². The molecule has 0 amide bonds. The van der Waals surface area contributed by atoms with Gasteiger partial charge >= 0.3 is 0 Å². The Morgan fingerprint density at radius 3 is 2.68 bits per heavy atom. The Kier molecular flexibility index (Phi) is 3.67. The Balaban J connectivity index is 2.05. The molecule has 3 aliphatic rings. The summed E-state index contributed by atoms with van der Waals surface area (Å²) in [5.41, 5.74) is 2.14. The number of fused-ring (bicyclic) bond motifs is 3. The molecule has 2 fully saturated rings. The smallest absolute Gasteiger partial charge is 0.140 e. The van der Waals surface area contributed by atoms with E-state index >= 15 is 0 Å². The monoisotopic (exact) mass is 302 g/mol. The molecule has 1 N–H and O–H groups in total. The van der Waals surface area contributed by atoms with E-state index in [-0.39, 0.29) is 10.8 Å². The van der Waals surface area contributed by atoms with Crippen molar-refractivity contribution in [1.82, 2.24) is 0 Å². The van der Waals surface area contributed by atoms with E-state index in [0.29, 0.717) is 36.4 Å². The molecule has 0 aromatic heterocycles. The quantitative estimate of drug-likeness (QED) is 0.734. The molecule has 5 unspecified atom stereocenters. The number of ketones is 1. The molecule has 0 aromatic carbocycles. The van der Waals surface area contributed by atoms with E-state index in [2.05, 4.69) is 40.3 Å². The summed E-state index contributed by atoms with van der Waals surface area (Å²) in [6.07, 6.45) is 6.07. The first-order chi connectivity index (χ1) is 10.2. The molecule has 0 aliphatic heterocycles. The first-order valence-corrected chi connectivity index (χ1v) is 8.78. The van der Waals surface area contributed by atoms with Crippen molar-refractivity contribution < 1.29 is 9.90 Å². The Morgan fingerprint density at radius 2 is 2.05 bits per heavy atom. The molecule has 0 radical (unpaired) electrons. The molecule has 22 heavy (non-hydrogen) atoms. The van der Waals surface area contributed by atoms with Gasteiger partial charge in [-0.3, -0.25) is 4.79 Å². The van der Waals surface area contributed by atoms with Crippen molar-refractivity contribution in [1.29, 1.82) is 0 Å². The van der Waals surface area contributed by atoms with E-state index in [0.717, 1.165) is 24.8 Å². The van der Waals surface area contributed by atoms with Gasteiger partial charge in [0.1, 0.15) is 5.78 Å². The third-order valence-corrected chi connectivity index (χ3v) is 6.88. The van der Waals surface area contributed by atoms with Crippen LogP contribution in [0.4, 0.5) is 0 Å². The SMILES string of the molecule is C=C1CCC2C3C(C(C)C)=CCC3(C)C(=O)CC2(C)CC1O. The highest BCUT2D eigenvalue weighted by Crippen LogP contribution is 2.62. The van der Waals surface area contributed by atoms with Crippen LogP contribution in [0.2, 0.25) is 0 Å². The normalized spacial score (nSPS) is 45.4. The Labute approximate surface area is 134 Å². The zero-order chi connectivity index (χ0) is 16.3. The van der Waals surface area contributed by atoms with Crippen LogP contribution in [0.1, 0.15) is 59.8 Å². The fourth-order valence-corrected chi connectivity index (χ4v) is 5.44. The van der Waals surface area contributed by atoms with Crippen LogP contribution in [0.3, 0.4) is 0 Å². The Hall–Kier alpha value is -0.890. The topological polar surface area (TPSA) is 37.3 Å². The highest BCUT2D eigenvalue weighted by molar-refractivity contribution is 5.88. The van der Waals surface area contributed by atoms with Gasteiger partial charge in [-0.25, -0.2) is 0 Å². The molecule has 3 rings (SSSR count). The molecule has 0 saturated heterocycles. The van der Waals surface area contributed by atoms with E-state index in [1.165, 1.54) is 5.57 Å². The summed E-state index contributed by atoms with van der Waals surface area (Å²) in [7, 11) is 0. The largest absolute Gasteiger partial charge is 0.389 e. The number of hydrogen-bond donors (Lipinski definition) is 1. The highest BCUT2D eigenvalue weighted by atomic mass is 16.3. The lowest BCUT2D eigenvalue weighted by Crippen LogP contribution is -2.51. The van der Waals surface area contributed by atoms with Gasteiger partial charge in [-0.2, -0.15) is 0 Å². The van der Waals surface area contributed by atoms with Crippen molar-refractivity contribution in [3.8, 4) is 0 Å². The molecule has 0 spiro atoms. The molecule has 0 heterocycles. The summed E-state index contributed by atoms with van der Waals surface area (Å²) >= 11 is 0. The summed E-state index contributed by atoms with van der Waals surface area (Å²) in [6, 6.07) is 0. The number of carbonyl (C=O) groups excluding carboxylic acids is 1. The summed E-state index contributed by atoms with van der Waals surface area (Å²) in [6.45, 7) is 13.0. The predicted octanol–water partition coefficient (Wildman–Crippen LogP) is 4.29. The predicted molar refractivity (Wildman–Crippen MR) is 89.4 cm³/mol. The highest BCUT2D eigenvalue weighted by Gasteiger charge is 2.59.